The van der Waals surface area contributed by atoms with E-state index in [1.807, 2.05) is 6.92 Å². The molecule has 1 atom stereocenters. The fourth-order valence-electron chi connectivity index (χ4n) is 4.21. The molecule has 7 heteroatoms. The summed E-state index contributed by atoms with van der Waals surface area (Å²) in [5.74, 6) is 0.530. The van der Waals surface area contributed by atoms with Crippen LogP contribution in [0, 0.1) is 12.8 Å². The first-order chi connectivity index (χ1) is 13.4. The lowest BCUT2D eigenvalue weighted by molar-refractivity contribution is -0.117. The van der Waals surface area contributed by atoms with Crippen LogP contribution in [-0.2, 0) is 14.8 Å². The summed E-state index contributed by atoms with van der Waals surface area (Å²) in [5, 5.41) is 2.90. The molecule has 0 aliphatic carbocycles. The largest absolute Gasteiger partial charge is 0.325 e. The maximum Gasteiger partial charge on any atom is 0.243 e. The lowest BCUT2D eigenvalue weighted by Gasteiger charge is -2.30. The Kier molecular flexibility index (Phi) is 7.12. The van der Waals surface area contributed by atoms with Crippen molar-refractivity contribution in [1.29, 1.82) is 0 Å². The van der Waals surface area contributed by atoms with Gasteiger partial charge in [0.25, 0.3) is 0 Å². The predicted molar refractivity (Wildman–Crippen MR) is 112 cm³/mol. The van der Waals surface area contributed by atoms with Gasteiger partial charge < -0.3 is 5.32 Å². The Labute approximate surface area is 169 Å². The van der Waals surface area contributed by atoms with E-state index in [2.05, 4.69) is 17.1 Å². The summed E-state index contributed by atoms with van der Waals surface area (Å²) in [7, 11) is -3.54. The number of nitrogens with zero attached hydrogens (tertiary/aromatic N) is 2. The fourth-order valence-corrected chi connectivity index (χ4v) is 5.98. The number of carbonyl (C=O) groups is 1. The van der Waals surface area contributed by atoms with Crippen LogP contribution in [0.25, 0.3) is 0 Å². The second kappa shape index (κ2) is 9.37. The Hall–Kier alpha value is -1.44. The Morgan fingerprint density at radius 1 is 1.11 bits per heavy atom. The highest BCUT2D eigenvalue weighted by Crippen LogP contribution is 2.26. The van der Waals surface area contributed by atoms with Gasteiger partial charge in [-0.3, -0.25) is 9.69 Å². The average Bonchev–Trinajstić information content (AvgIpc) is 2.93. The summed E-state index contributed by atoms with van der Waals surface area (Å²) in [6, 6.07) is 5.18. The van der Waals surface area contributed by atoms with Crippen LogP contribution in [0.3, 0.4) is 0 Å². The highest BCUT2D eigenvalue weighted by Gasteiger charge is 2.27. The molecule has 0 radical (unpaired) electrons. The number of sulfonamides is 1. The predicted octanol–water partition coefficient (Wildman–Crippen LogP) is 3.23. The van der Waals surface area contributed by atoms with Crippen molar-refractivity contribution in [1.82, 2.24) is 9.21 Å². The van der Waals surface area contributed by atoms with E-state index in [9.17, 15) is 13.2 Å². The second-order valence-corrected chi connectivity index (χ2v) is 10.2. The van der Waals surface area contributed by atoms with E-state index < -0.39 is 10.0 Å². The molecule has 1 amide bonds. The van der Waals surface area contributed by atoms with Crippen molar-refractivity contribution in [2.24, 2.45) is 5.92 Å². The molecule has 3 rings (SSSR count). The number of hydrogen-bond donors (Lipinski definition) is 1. The number of amides is 1. The molecule has 1 aromatic carbocycles. The summed E-state index contributed by atoms with van der Waals surface area (Å²) in [6.45, 7) is 7.41. The van der Waals surface area contributed by atoms with Gasteiger partial charge in [0.1, 0.15) is 0 Å². The van der Waals surface area contributed by atoms with Gasteiger partial charge in [-0.2, -0.15) is 4.31 Å². The summed E-state index contributed by atoms with van der Waals surface area (Å²) in [6.07, 6.45) is 6.31. The van der Waals surface area contributed by atoms with E-state index in [0.29, 0.717) is 41.7 Å². The van der Waals surface area contributed by atoms with Crippen LogP contribution in [0.15, 0.2) is 23.1 Å². The lowest BCUT2D eigenvalue weighted by Crippen LogP contribution is -2.39. The van der Waals surface area contributed by atoms with Gasteiger partial charge in [0.05, 0.1) is 11.4 Å². The van der Waals surface area contributed by atoms with E-state index in [1.54, 1.807) is 22.5 Å². The van der Waals surface area contributed by atoms with E-state index in [-0.39, 0.29) is 5.91 Å². The Morgan fingerprint density at radius 2 is 1.82 bits per heavy atom. The van der Waals surface area contributed by atoms with Crippen LogP contribution >= 0.6 is 0 Å². The molecule has 1 N–H and O–H groups in total. The van der Waals surface area contributed by atoms with Crippen LogP contribution in [0.1, 0.15) is 51.0 Å². The van der Waals surface area contributed by atoms with Gasteiger partial charge in [-0.15, -0.1) is 0 Å². The lowest BCUT2D eigenvalue weighted by atomic mass is 10.0. The molecule has 1 aromatic rings. The number of nitrogens with one attached hydrogen (secondary N) is 1. The van der Waals surface area contributed by atoms with Crippen LogP contribution < -0.4 is 5.32 Å². The number of rotatable bonds is 5. The van der Waals surface area contributed by atoms with Gasteiger partial charge in [-0.1, -0.05) is 25.8 Å². The number of benzene rings is 1. The van der Waals surface area contributed by atoms with E-state index in [4.69, 9.17) is 0 Å². The Balaban J connectivity index is 1.71. The molecule has 2 aliphatic heterocycles. The maximum absolute atomic E-state index is 13.2. The van der Waals surface area contributed by atoms with Crippen LogP contribution in [0.5, 0.6) is 0 Å². The zero-order chi connectivity index (χ0) is 20.1. The first-order valence-corrected chi connectivity index (χ1v) is 11.9. The smallest absolute Gasteiger partial charge is 0.243 e. The summed E-state index contributed by atoms with van der Waals surface area (Å²) < 4.78 is 27.9. The van der Waals surface area contributed by atoms with Crippen molar-refractivity contribution in [3.63, 3.8) is 0 Å². The monoisotopic (exact) mass is 407 g/mol. The molecule has 2 saturated heterocycles. The number of carbonyl (C=O) groups excluding carboxylic acids is 1. The molecule has 1 unspecified atom stereocenters. The molecule has 28 heavy (non-hydrogen) atoms. The van der Waals surface area contributed by atoms with E-state index in [1.165, 1.54) is 6.42 Å². The first kappa shape index (κ1) is 21.3. The van der Waals surface area contributed by atoms with Gasteiger partial charge in [0.15, 0.2) is 0 Å². The molecule has 0 spiro atoms. The Morgan fingerprint density at radius 3 is 2.50 bits per heavy atom. The van der Waals surface area contributed by atoms with Crippen LogP contribution in [0.2, 0.25) is 0 Å². The van der Waals surface area contributed by atoms with Crippen molar-refractivity contribution < 1.29 is 13.2 Å². The molecular weight excluding hydrogens is 374 g/mol. The average molecular weight is 408 g/mol. The molecule has 2 fully saturated rings. The number of anilines is 1. The summed E-state index contributed by atoms with van der Waals surface area (Å²) >= 11 is 0. The van der Waals surface area contributed by atoms with Crippen molar-refractivity contribution in [3.05, 3.63) is 23.8 Å². The van der Waals surface area contributed by atoms with Gasteiger partial charge >= 0.3 is 0 Å². The first-order valence-electron chi connectivity index (χ1n) is 10.5. The topological polar surface area (TPSA) is 69.7 Å². The molecule has 0 aromatic heterocycles. The van der Waals surface area contributed by atoms with Gasteiger partial charge in [0, 0.05) is 25.3 Å². The minimum atomic E-state index is -3.54. The van der Waals surface area contributed by atoms with Crippen molar-refractivity contribution in [3.8, 4) is 0 Å². The molecule has 156 valence electrons. The van der Waals surface area contributed by atoms with Crippen LogP contribution in [0.4, 0.5) is 5.69 Å². The third kappa shape index (κ3) is 5.33. The summed E-state index contributed by atoms with van der Waals surface area (Å²) in [5.41, 5.74) is 1.26. The third-order valence-corrected chi connectivity index (χ3v) is 7.80. The van der Waals surface area contributed by atoms with Crippen LogP contribution in [-0.4, -0.2) is 56.3 Å². The molecule has 0 saturated carbocycles. The van der Waals surface area contributed by atoms with Gasteiger partial charge in [-0.25, -0.2) is 8.42 Å². The number of hydrogen-bond acceptors (Lipinski definition) is 4. The number of aryl methyl sites for hydroxylation is 1. The minimum Gasteiger partial charge on any atom is -0.325 e. The quantitative estimate of drug-likeness (QED) is 0.814. The number of likely N-dealkylation sites (tertiary alicyclic amines) is 1. The zero-order valence-corrected chi connectivity index (χ0v) is 17.9. The Bertz CT molecular complexity index is 786. The van der Waals surface area contributed by atoms with Crippen molar-refractivity contribution in [2.45, 2.75) is 57.3 Å². The van der Waals surface area contributed by atoms with Gasteiger partial charge in [0.2, 0.25) is 15.9 Å². The molecule has 6 nitrogen and oxygen atoms in total. The SMILES string of the molecule is Cc1ccc(NC(=O)CN2CCCC(C)C2)cc1S(=O)(=O)N1CCCCCC1. The fraction of sp³-hybridized carbons (Fsp3) is 0.667. The molecule has 2 heterocycles. The highest BCUT2D eigenvalue weighted by molar-refractivity contribution is 7.89. The summed E-state index contributed by atoms with van der Waals surface area (Å²) in [4.78, 5) is 14.9. The second-order valence-electron chi connectivity index (χ2n) is 8.33. The molecule has 0 bridgehead atoms. The molecule has 2 aliphatic rings. The number of piperidine rings is 1. The normalized spacial score (nSPS) is 22.6. The third-order valence-electron chi connectivity index (χ3n) is 5.76. The van der Waals surface area contributed by atoms with E-state index >= 15 is 0 Å². The van der Waals surface area contributed by atoms with E-state index in [0.717, 1.165) is 45.2 Å². The maximum atomic E-state index is 13.2. The molecular formula is C21H33N3O3S. The minimum absolute atomic E-state index is 0.0870. The van der Waals surface area contributed by atoms with Crippen molar-refractivity contribution in [2.75, 3.05) is 38.0 Å². The standard InChI is InChI=1S/C21H33N3O3S/c1-17-8-7-11-23(15-17)16-21(25)22-19-10-9-18(2)20(14-19)28(26,27)24-12-5-3-4-6-13-24/h9-10,14,17H,3-8,11-13,15-16H2,1-2H3,(H,22,25). The highest BCUT2D eigenvalue weighted by atomic mass is 32.2. The van der Waals surface area contributed by atoms with Gasteiger partial charge in [-0.05, 0) is 62.8 Å². The zero-order valence-electron chi connectivity index (χ0n) is 17.1. The van der Waals surface area contributed by atoms with Crippen molar-refractivity contribution >= 4 is 21.6 Å².